The molecule has 5 heteroatoms. The molecule has 0 heterocycles. The van der Waals surface area contributed by atoms with E-state index < -0.39 is 0 Å². The topological polar surface area (TPSA) is 24.5 Å². The Kier molecular flexibility index (Phi) is 7.99. The highest BCUT2D eigenvalue weighted by Crippen LogP contribution is 2.34. The summed E-state index contributed by atoms with van der Waals surface area (Å²) in [6.45, 7) is 8.82. The van der Waals surface area contributed by atoms with E-state index in [0.717, 1.165) is 40.9 Å². The minimum absolute atomic E-state index is 0.665. The van der Waals surface area contributed by atoms with Crippen LogP contribution in [0.1, 0.15) is 19.4 Å². The van der Waals surface area contributed by atoms with Gasteiger partial charge in [0.1, 0.15) is 5.75 Å². The third-order valence-corrected chi connectivity index (χ3v) is 4.06. The van der Waals surface area contributed by atoms with E-state index in [0.29, 0.717) is 6.61 Å². The molecule has 0 aliphatic heterocycles. The molecule has 0 spiro atoms. The van der Waals surface area contributed by atoms with Gasteiger partial charge in [0.25, 0.3) is 0 Å². The SMILES string of the molecule is CCOc1c(Br)cc(CNCCN(C)CC)cc1Br. The Labute approximate surface area is 133 Å². The maximum atomic E-state index is 5.57. The molecule has 0 aliphatic rings. The molecule has 0 atom stereocenters. The summed E-state index contributed by atoms with van der Waals surface area (Å²) in [4.78, 5) is 2.29. The molecule has 0 saturated heterocycles. The quantitative estimate of drug-likeness (QED) is 0.682. The third-order valence-electron chi connectivity index (χ3n) is 2.89. The van der Waals surface area contributed by atoms with E-state index in [1.165, 1.54) is 5.56 Å². The van der Waals surface area contributed by atoms with Crippen molar-refractivity contribution in [1.29, 1.82) is 0 Å². The summed E-state index contributed by atoms with van der Waals surface area (Å²) in [7, 11) is 2.13. The van der Waals surface area contributed by atoms with Gasteiger partial charge >= 0.3 is 0 Å². The molecule has 0 aliphatic carbocycles. The smallest absolute Gasteiger partial charge is 0.147 e. The molecule has 0 fully saturated rings. The van der Waals surface area contributed by atoms with Gasteiger partial charge in [0.15, 0.2) is 0 Å². The molecule has 1 N–H and O–H groups in total. The number of benzene rings is 1. The number of nitrogens with zero attached hydrogens (tertiary/aromatic N) is 1. The number of halogens is 2. The van der Waals surface area contributed by atoms with Crippen molar-refractivity contribution in [3.8, 4) is 5.75 Å². The van der Waals surface area contributed by atoms with Gasteiger partial charge in [0.05, 0.1) is 15.6 Å². The molecule has 0 saturated carbocycles. The van der Waals surface area contributed by atoms with Crippen molar-refractivity contribution >= 4 is 31.9 Å². The first-order valence-electron chi connectivity index (χ1n) is 6.58. The fourth-order valence-corrected chi connectivity index (χ4v) is 3.17. The molecular formula is C14H22Br2N2O. The van der Waals surface area contributed by atoms with Crippen LogP contribution in [-0.2, 0) is 6.54 Å². The predicted molar refractivity (Wildman–Crippen MR) is 87.9 cm³/mol. The van der Waals surface area contributed by atoms with Crippen molar-refractivity contribution < 1.29 is 4.74 Å². The molecule has 0 radical (unpaired) electrons. The third kappa shape index (κ3) is 5.81. The Bertz CT molecular complexity index is 376. The highest BCUT2D eigenvalue weighted by Gasteiger charge is 2.08. The number of nitrogens with one attached hydrogen (secondary N) is 1. The van der Waals surface area contributed by atoms with Crippen molar-refractivity contribution in [2.45, 2.75) is 20.4 Å². The Balaban J connectivity index is 2.51. The lowest BCUT2D eigenvalue weighted by Gasteiger charge is -2.15. The molecule has 1 rings (SSSR count). The first kappa shape index (κ1) is 17.0. The van der Waals surface area contributed by atoms with Gasteiger partial charge in [-0.15, -0.1) is 0 Å². The van der Waals surface area contributed by atoms with Gasteiger partial charge in [-0.1, -0.05) is 6.92 Å². The van der Waals surface area contributed by atoms with Crippen molar-refractivity contribution in [3.05, 3.63) is 26.6 Å². The molecule has 1 aromatic carbocycles. The Morgan fingerprint density at radius 2 is 1.84 bits per heavy atom. The zero-order valence-corrected chi connectivity index (χ0v) is 15.0. The zero-order valence-electron chi connectivity index (χ0n) is 11.8. The van der Waals surface area contributed by atoms with Gasteiger partial charge in [0.2, 0.25) is 0 Å². The van der Waals surface area contributed by atoms with Crippen LogP contribution in [0.2, 0.25) is 0 Å². The fraction of sp³-hybridized carbons (Fsp3) is 0.571. The summed E-state index contributed by atoms with van der Waals surface area (Å²) >= 11 is 7.10. The molecule has 19 heavy (non-hydrogen) atoms. The second kappa shape index (κ2) is 8.95. The van der Waals surface area contributed by atoms with Crippen LogP contribution in [0.25, 0.3) is 0 Å². The molecule has 0 amide bonds. The highest BCUT2D eigenvalue weighted by molar-refractivity contribution is 9.11. The molecule has 1 aromatic rings. The molecule has 0 bridgehead atoms. The normalized spacial score (nSPS) is 11.1. The minimum Gasteiger partial charge on any atom is -0.492 e. The molecule has 0 aromatic heterocycles. The van der Waals surface area contributed by atoms with E-state index in [9.17, 15) is 0 Å². The maximum absolute atomic E-state index is 5.57. The lowest BCUT2D eigenvalue weighted by atomic mass is 10.2. The first-order chi connectivity index (χ1) is 9.08. The van der Waals surface area contributed by atoms with Crippen molar-refractivity contribution in [2.75, 3.05) is 33.3 Å². The zero-order chi connectivity index (χ0) is 14.3. The maximum Gasteiger partial charge on any atom is 0.147 e. The first-order valence-corrected chi connectivity index (χ1v) is 8.17. The number of hydrogen-bond donors (Lipinski definition) is 1. The van der Waals surface area contributed by atoms with Crippen LogP contribution >= 0.6 is 31.9 Å². The summed E-state index contributed by atoms with van der Waals surface area (Å²) < 4.78 is 7.56. The molecular weight excluding hydrogens is 372 g/mol. The summed E-state index contributed by atoms with van der Waals surface area (Å²) in [6.07, 6.45) is 0. The number of ether oxygens (including phenoxy) is 1. The van der Waals surface area contributed by atoms with E-state index >= 15 is 0 Å². The summed E-state index contributed by atoms with van der Waals surface area (Å²) in [5.41, 5.74) is 1.24. The van der Waals surface area contributed by atoms with Crippen LogP contribution < -0.4 is 10.1 Å². The summed E-state index contributed by atoms with van der Waals surface area (Å²) in [5, 5.41) is 3.45. The van der Waals surface area contributed by atoms with Crippen LogP contribution in [0.3, 0.4) is 0 Å². The Morgan fingerprint density at radius 3 is 2.37 bits per heavy atom. The number of likely N-dealkylation sites (N-methyl/N-ethyl adjacent to an activating group) is 1. The standard InChI is InChI=1S/C14H22Br2N2O/c1-4-18(3)7-6-17-10-11-8-12(15)14(19-5-2)13(16)9-11/h8-9,17H,4-7,10H2,1-3H3. The summed E-state index contributed by atoms with van der Waals surface area (Å²) in [6, 6.07) is 4.21. The van der Waals surface area contributed by atoms with Crippen LogP contribution in [-0.4, -0.2) is 38.2 Å². The Hall–Kier alpha value is -0.100. The second-order valence-corrected chi connectivity index (χ2v) is 6.10. The van der Waals surface area contributed by atoms with Gasteiger partial charge in [0, 0.05) is 19.6 Å². The number of hydrogen-bond acceptors (Lipinski definition) is 3. The van der Waals surface area contributed by atoms with E-state index in [-0.39, 0.29) is 0 Å². The van der Waals surface area contributed by atoms with Crippen LogP contribution in [0, 0.1) is 0 Å². The minimum atomic E-state index is 0.665. The van der Waals surface area contributed by atoms with E-state index in [1.54, 1.807) is 0 Å². The average Bonchev–Trinajstić information content (AvgIpc) is 2.38. The molecule has 0 unspecified atom stereocenters. The number of rotatable bonds is 8. The predicted octanol–water partition coefficient (Wildman–Crippen LogP) is 3.65. The second-order valence-electron chi connectivity index (χ2n) is 4.39. The van der Waals surface area contributed by atoms with Crippen molar-refractivity contribution in [2.24, 2.45) is 0 Å². The fourth-order valence-electron chi connectivity index (χ4n) is 1.66. The lowest BCUT2D eigenvalue weighted by molar-refractivity contribution is 0.335. The van der Waals surface area contributed by atoms with Crippen LogP contribution in [0.5, 0.6) is 5.75 Å². The van der Waals surface area contributed by atoms with Gasteiger partial charge in [-0.05, 0) is 70.1 Å². The highest BCUT2D eigenvalue weighted by atomic mass is 79.9. The lowest BCUT2D eigenvalue weighted by Crippen LogP contribution is -2.28. The van der Waals surface area contributed by atoms with E-state index in [1.807, 2.05) is 6.92 Å². The molecule has 3 nitrogen and oxygen atoms in total. The summed E-state index contributed by atoms with van der Waals surface area (Å²) in [5.74, 6) is 0.872. The van der Waals surface area contributed by atoms with Gasteiger partial charge in [-0.2, -0.15) is 0 Å². The van der Waals surface area contributed by atoms with Crippen molar-refractivity contribution in [1.82, 2.24) is 10.2 Å². The van der Waals surface area contributed by atoms with Crippen LogP contribution in [0.4, 0.5) is 0 Å². The van der Waals surface area contributed by atoms with E-state index in [2.05, 4.69) is 68.2 Å². The van der Waals surface area contributed by atoms with Gasteiger partial charge in [-0.25, -0.2) is 0 Å². The molecule has 108 valence electrons. The van der Waals surface area contributed by atoms with Gasteiger partial charge < -0.3 is 15.0 Å². The van der Waals surface area contributed by atoms with Gasteiger partial charge in [-0.3, -0.25) is 0 Å². The Morgan fingerprint density at radius 1 is 1.21 bits per heavy atom. The largest absolute Gasteiger partial charge is 0.492 e. The van der Waals surface area contributed by atoms with Crippen molar-refractivity contribution in [3.63, 3.8) is 0 Å². The average molecular weight is 394 g/mol. The van der Waals surface area contributed by atoms with Crippen LogP contribution in [0.15, 0.2) is 21.1 Å². The van der Waals surface area contributed by atoms with E-state index in [4.69, 9.17) is 4.74 Å². The monoisotopic (exact) mass is 392 g/mol.